The van der Waals surface area contributed by atoms with Crippen LogP contribution < -0.4 is 16.2 Å². The van der Waals surface area contributed by atoms with Crippen LogP contribution in [0.15, 0.2) is 22.1 Å². The molecule has 0 saturated carbocycles. The van der Waals surface area contributed by atoms with Crippen LogP contribution in [0.4, 0.5) is 5.69 Å². The molecule has 24 heavy (non-hydrogen) atoms. The lowest BCUT2D eigenvalue weighted by Crippen LogP contribution is -2.43. The summed E-state index contributed by atoms with van der Waals surface area (Å²) in [6, 6.07) is 1.48. The van der Waals surface area contributed by atoms with Gasteiger partial charge in [0.05, 0.1) is 25.9 Å². The van der Waals surface area contributed by atoms with E-state index in [2.05, 4.69) is 15.6 Å². The average Bonchev–Trinajstić information content (AvgIpc) is 2.56. The molecular weight excluding hydrogens is 316 g/mol. The molecule has 1 atom stereocenters. The number of methoxy groups -OCH3 is 1. The van der Waals surface area contributed by atoms with Crippen LogP contribution in [-0.4, -0.2) is 60.9 Å². The molecule has 0 spiro atoms. The largest absolute Gasteiger partial charge is 0.389 e. The molecule has 0 aliphatic carbocycles. The van der Waals surface area contributed by atoms with Gasteiger partial charge >= 0.3 is 0 Å². The Morgan fingerprint density at radius 3 is 2.96 bits per heavy atom. The van der Waals surface area contributed by atoms with Crippen molar-refractivity contribution in [3.05, 3.63) is 28.2 Å². The number of aliphatic imine (C=N–C) groups is 1. The van der Waals surface area contributed by atoms with Crippen LogP contribution >= 0.6 is 0 Å². The van der Waals surface area contributed by atoms with Crippen molar-refractivity contribution < 1.29 is 19.4 Å². The van der Waals surface area contributed by atoms with Crippen LogP contribution in [0.5, 0.6) is 0 Å². The Morgan fingerprint density at radius 1 is 1.54 bits per heavy atom. The predicted octanol–water partition coefficient (Wildman–Crippen LogP) is -0.597. The summed E-state index contributed by atoms with van der Waals surface area (Å²) in [5, 5.41) is 15.2. The quantitative estimate of drug-likeness (QED) is 0.449. The number of nitrogens with zero attached hydrogens (tertiary/aromatic N) is 2. The zero-order valence-electron chi connectivity index (χ0n) is 13.7. The van der Waals surface area contributed by atoms with Gasteiger partial charge in [0.2, 0.25) is 0 Å². The summed E-state index contributed by atoms with van der Waals surface area (Å²) in [5.41, 5.74) is 0.248. The highest BCUT2D eigenvalue weighted by Crippen LogP contribution is 2.08. The Labute approximate surface area is 139 Å². The number of aliphatic hydroxyl groups excluding tert-OH is 1. The van der Waals surface area contributed by atoms with Crippen LogP contribution in [0.2, 0.25) is 0 Å². The highest BCUT2D eigenvalue weighted by atomic mass is 16.5. The van der Waals surface area contributed by atoms with Crippen molar-refractivity contribution in [2.75, 3.05) is 38.7 Å². The second kappa shape index (κ2) is 8.57. The Morgan fingerprint density at radius 2 is 2.33 bits per heavy atom. The van der Waals surface area contributed by atoms with Gasteiger partial charge in [-0.05, 0) is 13.0 Å². The molecule has 9 nitrogen and oxygen atoms in total. The van der Waals surface area contributed by atoms with Crippen molar-refractivity contribution >= 4 is 17.4 Å². The van der Waals surface area contributed by atoms with Gasteiger partial charge < -0.3 is 25.2 Å². The van der Waals surface area contributed by atoms with Gasteiger partial charge in [0.1, 0.15) is 12.4 Å². The average molecular weight is 338 g/mol. The highest BCUT2D eigenvalue weighted by molar-refractivity contribution is 5.97. The minimum Gasteiger partial charge on any atom is -0.389 e. The third-order valence-corrected chi connectivity index (χ3v) is 3.37. The minimum atomic E-state index is -0.551. The number of guanidine groups is 1. The maximum Gasteiger partial charge on any atom is 0.276 e. The van der Waals surface area contributed by atoms with Gasteiger partial charge in [-0.3, -0.25) is 19.1 Å². The number of anilines is 1. The number of Topliss-reactive ketones (excluding diaryl/α,β-unsaturated/α-hetero) is 1. The molecule has 1 aromatic heterocycles. The number of ether oxygens (including phenoxy) is 2. The van der Waals surface area contributed by atoms with Crippen molar-refractivity contribution in [3.8, 4) is 0 Å². The van der Waals surface area contributed by atoms with Gasteiger partial charge in [0.15, 0.2) is 11.7 Å². The first-order valence-electron chi connectivity index (χ1n) is 7.56. The van der Waals surface area contributed by atoms with E-state index in [0.29, 0.717) is 31.3 Å². The fraction of sp³-hybridized carbons (Fsp3) is 0.533. The monoisotopic (exact) mass is 338 g/mol. The molecule has 132 valence electrons. The number of carbonyl (C=O) groups is 1. The van der Waals surface area contributed by atoms with Crippen molar-refractivity contribution in [3.63, 3.8) is 0 Å². The van der Waals surface area contributed by atoms with E-state index in [1.165, 1.54) is 23.8 Å². The second-order valence-electron chi connectivity index (χ2n) is 5.35. The molecule has 0 aromatic carbocycles. The number of pyridine rings is 1. The summed E-state index contributed by atoms with van der Waals surface area (Å²) >= 11 is 0. The van der Waals surface area contributed by atoms with E-state index in [-0.39, 0.29) is 30.3 Å². The van der Waals surface area contributed by atoms with Crippen LogP contribution in [-0.2, 0) is 16.2 Å². The molecule has 1 unspecified atom stereocenters. The van der Waals surface area contributed by atoms with Crippen molar-refractivity contribution in [1.29, 1.82) is 0 Å². The number of rotatable bonds is 7. The van der Waals surface area contributed by atoms with Crippen LogP contribution in [0, 0.1) is 0 Å². The third kappa shape index (κ3) is 4.88. The number of aromatic nitrogens is 1. The van der Waals surface area contributed by atoms with E-state index in [0.717, 1.165) is 0 Å². The molecule has 0 saturated heterocycles. The molecule has 1 aliphatic heterocycles. The lowest BCUT2D eigenvalue weighted by molar-refractivity contribution is 0.0327. The normalized spacial score (nSPS) is 17.1. The number of hydrogen-bond donors (Lipinski definition) is 3. The second-order valence-corrected chi connectivity index (χ2v) is 5.35. The third-order valence-electron chi connectivity index (χ3n) is 3.37. The number of nitrogens with one attached hydrogen (secondary N) is 2. The highest BCUT2D eigenvalue weighted by Gasteiger charge is 2.15. The van der Waals surface area contributed by atoms with Gasteiger partial charge in [0.25, 0.3) is 5.56 Å². The number of aliphatic hydroxyl groups is 1. The summed E-state index contributed by atoms with van der Waals surface area (Å²) < 4.78 is 11.5. The summed E-state index contributed by atoms with van der Waals surface area (Å²) in [7, 11) is 1.56. The molecule has 2 rings (SSSR count). The van der Waals surface area contributed by atoms with Crippen molar-refractivity contribution in [2.24, 2.45) is 4.99 Å². The lowest BCUT2D eigenvalue weighted by atomic mass is 10.2. The van der Waals surface area contributed by atoms with Crippen molar-refractivity contribution in [2.45, 2.75) is 19.8 Å². The zero-order valence-corrected chi connectivity index (χ0v) is 13.7. The minimum absolute atomic E-state index is 0.0105. The molecule has 3 N–H and O–H groups in total. The first-order chi connectivity index (χ1) is 11.5. The Balaban J connectivity index is 2.21. The summed E-state index contributed by atoms with van der Waals surface area (Å²) in [6.07, 6.45) is 0.910. The van der Waals surface area contributed by atoms with E-state index in [4.69, 9.17) is 9.47 Å². The Bertz CT molecular complexity index is 670. The van der Waals surface area contributed by atoms with E-state index >= 15 is 0 Å². The van der Waals surface area contributed by atoms with Gasteiger partial charge in [-0.2, -0.15) is 0 Å². The standard InChI is InChI=1S/C15H22N4O5/c1-10(20)11-5-13(18-15-16-6-12(21)7-17-15)14(22)19(8-11)9-24-4-3-23-2/h5,8,12,21H,3-4,6-7,9H2,1-2H3,(H2,16,17,18). The smallest absolute Gasteiger partial charge is 0.276 e. The first-order valence-corrected chi connectivity index (χ1v) is 7.56. The van der Waals surface area contributed by atoms with Gasteiger partial charge in [-0.25, -0.2) is 0 Å². The molecule has 0 amide bonds. The van der Waals surface area contributed by atoms with Crippen molar-refractivity contribution in [1.82, 2.24) is 9.88 Å². The molecular formula is C15H22N4O5. The molecule has 0 fully saturated rings. The summed E-state index contributed by atoms with van der Waals surface area (Å²) in [4.78, 5) is 28.3. The Kier molecular flexibility index (Phi) is 6.47. The zero-order chi connectivity index (χ0) is 17.5. The maximum atomic E-state index is 12.5. The fourth-order valence-electron chi connectivity index (χ4n) is 2.06. The molecule has 0 bridgehead atoms. The van der Waals surface area contributed by atoms with E-state index in [1.54, 1.807) is 7.11 Å². The lowest BCUT2D eigenvalue weighted by Gasteiger charge is -2.20. The van der Waals surface area contributed by atoms with E-state index in [1.807, 2.05) is 0 Å². The summed E-state index contributed by atoms with van der Waals surface area (Å²) in [6.45, 7) is 2.77. The topological polar surface area (TPSA) is 114 Å². The van der Waals surface area contributed by atoms with Gasteiger partial charge in [-0.1, -0.05) is 0 Å². The first kappa shape index (κ1) is 18.1. The fourth-order valence-corrected chi connectivity index (χ4v) is 2.06. The number of ketones is 1. The van der Waals surface area contributed by atoms with E-state index in [9.17, 15) is 14.7 Å². The number of carbonyl (C=O) groups excluding carboxylic acids is 1. The van der Waals surface area contributed by atoms with E-state index < -0.39 is 6.10 Å². The predicted molar refractivity (Wildman–Crippen MR) is 88.5 cm³/mol. The number of β-amino-alcohol motifs (C(OH)–C–C–N with tert-alkyl or cyclic N) is 1. The number of hydrogen-bond acceptors (Lipinski definition) is 8. The Hall–Kier alpha value is -2.23. The summed E-state index contributed by atoms with van der Waals surface area (Å²) in [5.74, 6) is 0.211. The molecule has 1 aromatic rings. The van der Waals surface area contributed by atoms with Crippen LogP contribution in [0.25, 0.3) is 0 Å². The van der Waals surface area contributed by atoms with Crippen LogP contribution in [0.1, 0.15) is 17.3 Å². The van der Waals surface area contributed by atoms with Gasteiger partial charge in [0, 0.05) is 25.4 Å². The molecule has 0 radical (unpaired) electrons. The molecule has 9 heteroatoms. The van der Waals surface area contributed by atoms with Gasteiger partial charge in [-0.15, -0.1) is 0 Å². The molecule has 1 aliphatic rings. The maximum absolute atomic E-state index is 12.5. The SMILES string of the molecule is COCCOCn1cc(C(C)=O)cc(NC2=NCC(O)CN2)c1=O. The van der Waals surface area contributed by atoms with Crippen LogP contribution in [0.3, 0.4) is 0 Å². The molecule has 2 heterocycles.